The van der Waals surface area contributed by atoms with Gasteiger partial charge in [-0.2, -0.15) is 13.2 Å². The zero-order valence-corrected chi connectivity index (χ0v) is 6.91. The second-order valence-corrected chi connectivity index (χ2v) is 2.68. The Balaban J connectivity index is 2.88. The molecule has 0 atom stereocenters. The van der Waals surface area contributed by atoms with Crippen molar-refractivity contribution < 1.29 is 13.2 Å². The molecule has 0 aromatic rings. The fraction of sp³-hybridized carbons (Fsp3) is 0.375. The Bertz CT molecular complexity index is 225. The van der Waals surface area contributed by atoms with Gasteiger partial charge in [0.05, 0.1) is 5.57 Å². The van der Waals surface area contributed by atoms with Crippen LogP contribution in [-0.4, -0.2) is 12.1 Å². The number of halogens is 4. The van der Waals surface area contributed by atoms with E-state index >= 15 is 0 Å². The van der Waals surface area contributed by atoms with Gasteiger partial charge < -0.3 is 0 Å². The minimum atomic E-state index is -4.27. The van der Waals surface area contributed by atoms with Crippen LogP contribution in [0, 0.1) is 6.42 Å². The fourth-order valence-electron chi connectivity index (χ4n) is 1.03. The van der Waals surface area contributed by atoms with Crippen molar-refractivity contribution in [3.05, 3.63) is 29.7 Å². The topological polar surface area (TPSA) is 0 Å². The molecule has 0 N–H and O–H groups in total. The van der Waals surface area contributed by atoms with Crippen molar-refractivity contribution in [3.8, 4) is 0 Å². The van der Waals surface area contributed by atoms with Crippen molar-refractivity contribution >= 4 is 11.6 Å². The molecular weight excluding hydrogens is 189 g/mol. The summed E-state index contributed by atoms with van der Waals surface area (Å²) < 4.78 is 36.6. The molecule has 1 radical (unpaired) electrons. The molecule has 4 heteroatoms. The van der Waals surface area contributed by atoms with Crippen LogP contribution < -0.4 is 0 Å². The third-order valence-electron chi connectivity index (χ3n) is 1.57. The summed E-state index contributed by atoms with van der Waals surface area (Å²) in [6, 6.07) is 0. The molecule has 0 spiro atoms. The summed E-state index contributed by atoms with van der Waals surface area (Å²) in [6.07, 6.45) is 0.296. The number of alkyl halides is 4. The molecule has 0 saturated carbocycles. The standard InChI is InChI=1S/C8H7ClF3/c9-5-6-3-1-2-4-7(6)8(10,11)12/h1,3-4H,2,5H2. The highest BCUT2D eigenvalue weighted by Gasteiger charge is 2.35. The predicted molar refractivity (Wildman–Crippen MR) is 41.9 cm³/mol. The van der Waals surface area contributed by atoms with Crippen molar-refractivity contribution in [1.82, 2.24) is 0 Å². The quantitative estimate of drug-likeness (QED) is 0.564. The van der Waals surface area contributed by atoms with Crippen molar-refractivity contribution in [2.75, 3.05) is 5.88 Å². The van der Waals surface area contributed by atoms with Gasteiger partial charge in [-0.05, 0) is 18.4 Å². The second kappa shape index (κ2) is 3.52. The van der Waals surface area contributed by atoms with Gasteiger partial charge in [-0.1, -0.05) is 12.2 Å². The van der Waals surface area contributed by atoms with Gasteiger partial charge in [0.25, 0.3) is 0 Å². The maximum Gasteiger partial charge on any atom is 0.416 e. The van der Waals surface area contributed by atoms with Crippen LogP contribution in [0.4, 0.5) is 13.2 Å². The normalized spacial score (nSPS) is 18.7. The number of hydrogen-bond donors (Lipinski definition) is 0. The van der Waals surface area contributed by atoms with E-state index < -0.39 is 11.7 Å². The van der Waals surface area contributed by atoms with Crippen molar-refractivity contribution in [3.63, 3.8) is 0 Å². The molecule has 0 nitrogen and oxygen atoms in total. The zero-order valence-electron chi connectivity index (χ0n) is 6.16. The number of allylic oxidation sites excluding steroid dienone is 4. The van der Waals surface area contributed by atoms with Gasteiger partial charge in [0.15, 0.2) is 0 Å². The molecule has 1 aliphatic carbocycles. The van der Waals surface area contributed by atoms with Crippen LogP contribution in [0.5, 0.6) is 0 Å². The van der Waals surface area contributed by atoms with E-state index in [0.29, 0.717) is 6.42 Å². The maximum atomic E-state index is 12.2. The first-order valence-corrected chi connectivity index (χ1v) is 3.95. The van der Waals surface area contributed by atoms with E-state index in [2.05, 4.69) is 0 Å². The largest absolute Gasteiger partial charge is 0.416 e. The molecule has 0 unspecified atom stereocenters. The summed E-state index contributed by atoms with van der Waals surface area (Å²) in [4.78, 5) is 0. The zero-order chi connectivity index (χ0) is 9.19. The lowest BCUT2D eigenvalue weighted by Crippen LogP contribution is -2.16. The molecule has 67 valence electrons. The summed E-state index contributed by atoms with van der Waals surface area (Å²) >= 11 is 5.35. The van der Waals surface area contributed by atoms with Crippen LogP contribution in [0.2, 0.25) is 0 Å². The lowest BCUT2D eigenvalue weighted by Gasteiger charge is -2.16. The lowest BCUT2D eigenvalue weighted by molar-refractivity contribution is -0.0896. The smallest absolute Gasteiger partial charge is 0.166 e. The van der Waals surface area contributed by atoms with Crippen LogP contribution in [0.1, 0.15) is 6.42 Å². The predicted octanol–water partition coefficient (Wildman–Crippen LogP) is 3.25. The summed E-state index contributed by atoms with van der Waals surface area (Å²) in [5.41, 5.74) is -0.449. The Morgan fingerprint density at radius 2 is 2.08 bits per heavy atom. The van der Waals surface area contributed by atoms with E-state index in [9.17, 15) is 13.2 Å². The monoisotopic (exact) mass is 195 g/mol. The van der Waals surface area contributed by atoms with Gasteiger partial charge in [0.2, 0.25) is 0 Å². The molecule has 0 bridgehead atoms. The highest BCUT2D eigenvalue weighted by atomic mass is 35.5. The Morgan fingerprint density at radius 1 is 1.42 bits per heavy atom. The Hall–Kier alpha value is -0.440. The summed E-state index contributed by atoms with van der Waals surface area (Å²) in [6.45, 7) is 0. The first kappa shape index (κ1) is 9.65. The van der Waals surface area contributed by atoms with Crippen molar-refractivity contribution in [2.24, 2.45) is 0 Å². The van der Waals surface area contributed by atoms with E-state index in [-0.39, 0.29) is 11.5 Å². The van der Waals surface area contributed by atoms with E-state index in [1.807, 2.05) is 0 Å². The van der Waals surface area contributed by atoms with Gasteiger partial charge in [0, 0.05) is 5.88 Å². The highest BCUT2D eigenvalue weighted by molar-refractivity contribution is 6.19. The molecule has 0 amide bonds. The molecule has 0 heterocycles. The molecule has 0 aliphatic heterocycles. The molecule has 1 rings (SSSR count). The first-order chi connectivity index (χ1) is 5.55. The average Bonchev–Trinajstić information content (AvgIpc) is 2.03. The lowest BCUT2D eigenvalue weighted by atomic mass is 9.99. The minimum Gasteiger partial charge on any atom is -0.166 e. The van der Waals surface area contributed by atoms with Gasteiger partial charge in [-0.15, -0.1) is 11.6 Å². The number of rotatable bonds is 1. The molecule has 0 saturated heterocycles. The SMILES string of the molecule is FC(F)(F)C1=CC[CH]C=C1CCl. The summed E-state index contributed by atoms with van der Waals surface area (Å²) in [7, 11) is 0. The van der Waals surface area contributed by atoms with Crippen molar-refractivity contribution in [2.45, 2.75) is 12.6 Å². The van der Waals surface area contributed by atoms with Gasteiger partial charge in [0.1, 0.15) is 0 Å². The van der Waals surface area contributed by atoms with E-state index in [4.69, 9.17) is 11.6 Å². The third-order valence-corrected chi connectivity index (χ3v) is 1.86. The Labute approximate surface area is 73.7 Å². The van der Waals surface area contributed by atoms with Crippen LogP contribution >= 0.6 is 11.6 Å². The van der Waals surface area contributed by atoms with Crippen LogP contribution in [0.15, 0.2) is 23.3 Å². The van der Waals surface area contributed by atoms with Crippen LogP contribution in [0.25, 0.3) is 0 Å². The molecular formula is C8H7ClF3. The minimum absolute atomic E-state index is 0.0954. The fourth-order valence-corrected chi connectivity index (χ4v) is 1.26. The summed E-state index contributed by atoms with van der Waals surface area (Å²) in [5.74, 6) is -0.0954. The van der Waals surface area contributed by atoms with E-state index in [0.717, 1.165) is 6.08 Å². The third kappa shape index (κ3) is 2.03. The van der Waals surface area contributed by atoms with Gasteiger partial charge in [-0.25, -0.2) is 0 Å². The molecule has 0 aromatic carbocycles. The maximum absolute atomic E-state index is 12.2. The summed E-state index contributed by atoms with van der Waals surface area (Å²) in [5, 5.41) is 0. The number of hydrogen-bond acceptors (Lipinski definition) is 0. The first-order valence-electron chi connectivity index (χ1n) is 3.41. The second-order valence-electron chi connectivity index (χ2n) is 2.41. The Kier molecular flexibility index (Phi) is 2.83. The molecule has 0 fully saturated rings. The highest BCUT2D eigenvalue weighted by Crippen LogP contribution is 2.34. The Morgan fingerprint density at radius 3 is 2.50 bits per heavy atom. The van der Waals surface area contributed by atoms with E-state index in [1.54, 1.807) is 6.42 Å². The van der Waals surface area contributed by atoms with Crippen LogP contribution in [-0.2, 0) is 0 Å². The molecule has 1 aliphatic rings. The van der Waals surface area contributed by atoms with Gasteiger partial charge in [-0.3, -0.25) is 0 Å². The average molecular weight is 196 g/mol. The molecule has 12 heavy (non-hydrogen) atoms. The van der Waals surface area contributed by atoms with Crippen LogP contribution in [0.3, 0.4) is 0 Å². The van der Waals surface area contributed by atoms with Crippen molar-refractivity contribution in [1.29, 1.82) is 0 Å². The van der Waals surface area contributed by atoms with Gasteiger partial charge >= 0.3 is 6.18 Å². The molecule has 0 aromatic heterocycles. The van der Waals surface area contributed by atoms with E-state index in [1.165, 1.54) is 6.08 Å².